The van der Waals surface area contributed by atoms with Gasteiger partial charge in [-0.25, -0.2) is 0 Å². The molecular formula is C23H40O5. The average molecular weight is 397 g/mol. The Bertz CT molecular complexity index is 571. The summed E-state index contributed by atoms with van der Waals surface area (Å²) < 4.78 is 0. The van der Waals surface area contributed by atoms with E-state index in [1.807, 2.05) is 0 Å². The Labute approximate surface area is 169 Å². The van der Waals surface area contributed by atoms with Crippen LogP contribution >= 0.6 is 0 Å². The highest BCUT2D eigenvalue weighted by molar-refractivity contribution is 5.17. The topological polar surface area (TPSA) is 101 Å². The minimum Gasteiger partial charge on any atom is -0.394 e. The van der Waals surface area contributed by atoms with E-state index in [-0.39, 0.29) is 16.9 Å². The fourth-order valence-corrected chi connectivity index (χ4v) is 9.11. The SMILES string of the molecule is C[C@]12CCCCC1C(O)C[C@@H]1[C@H]2CC[C@@]2(C)[C@H]1CCC2(C(O)CO)C(O)CO. The zero-order chi connectivity index (χ0) is 20.3. The predicted molar refractivity (Wildman–Crippen MR) is 106 cm³/mol. The minimum atomic E-state index is -1.03. The largest absolute Gasteiger partial charge is 0.394 e. The molecule has 4 fully saturated rings. The van der Waals surface area contributed by atoms with Crippen molar-refractivity contribution in [3.05, 3.63) is 0 Å². The standard InChI is InChI=1S/C23H40O5/c1-21-8-4-3-5-17(21)18(26)11-14-15(21)6-9-22(2)16(14)7-10-23(22,19(27)12-24)20(28)13-25/h14-20,24-28H,3-13H2,1-2H3/t14-,15-,16+,17?,18?,19?,20?,21-,22+,23?/m1/s1. The van der Waals surface area contributed by atoms with Crippen LogP contribution in [0.4, 0.5) is 0 Å². The van der Waals surface area contributed by atoms with Crippen LogP contribution < -0.4 is 0 Å². The molecular weight excluding hydrogens is 356 g/mol. The summed E-state index contributed by atoms with van der Waals surface area (Å²) in [5, 5.41) is 52.3. The van der Waals surface area contributed by atoms with Crippen molar-refractivity contribution >= 4 is 0 Å². The molecule has 4 saturated carbocycles. The summed E-state index contributed by atoms with van der Waals surface area (Å²) >= 11 is 0. The van der Waals surface area contributed by atoms with E-state index in [9.17, 15) is 25.5 Å². The Hall–Kier alpha value is -0.200. The van der Waals surface area contributed by atoms with Gasteiger partial charge in [0.15, 0.2) is 0 Å². The molecule has 4 aliphatic carbocycles. The van der Waals surface area contributed by atoms with E-state index in [2.05, 4.69) is 13.8 Å². The van der Waals surface area contributed by atoms with Gasteiger partial charge in [-0.15, -0.1) is 0 Å². The van der Waals surface area contributed by atoms with Gasteiger partial charge in [0.25, 0.3) is 0 Å². The lowest BCUT2D eigenvalue weighted by Gasteiger charge is -2.63. The highest BCUT2D eigenvalue weighted by Crippen LogP contribution is 2.71. The van der Waals surface area contributed by atoms with Crippen LogP contribution in [0, 0.1) is 39.9 Å². The van der Waals surface area contributed by atoms with E-state index in [4.69, 9.17) is 0 Å². The molecule has 5 heteroatoms. The Morgan fingerprint density at radius 3 is 2.11 bits per heavy atom. The van der Waals surface area contributed by atoms with E-state index in [0.717, 1.165) is 32.1 Å². The van der Waals surface area contributed by atoms with Gasteiger partial charge in [0, 0.05) is 5.41 Å². The van der Waals surface area contributed by atoms with Crippen molar-refractivity contribution in [3.63, 3.8) is 0 Å². The maximum atomic E-state index is 11.1. The molecule has 4 unspecified atom stereocenters. The molecule has 0 radical (unpaired) electrons. The molecule has 0 spiro atoms. The first-order valence-corrected chi connectivity index (χ1v) is 11.5. The lowest BCUT2D eigenvalue weighted by molar-refractivity contribution is -0.206. The van der Waals surface area contributed by atoms with Crippen molar-refractivity contribution in [3.8, 4) is 0 Å². The van der Waals surface area contributed by atoms with E-state index >= 15 is 0 Å². The molecule has 0 aromatic carbocycles. The van der Waals surface area contributed by atoms with Crippen molar-refractivity contribution in [1.82, 2.24) is 0 Å². The third-order valence-electron chi connectivity index (χ3n) is 10.4. The van der Waals surface area contributed by atoms with Crippen molar-refractivity contribution in [2.45, 2.75) is 89.9 Å². The van der Waals surface area contributed by atoms with Gasteiger partial charge in [-0.2, -0.15) is 0 Å². The molecule has 0 aromatic rings. The summed E-state index contributed by atoms with van der Waals surface area (Å²) in [4.78, 5) is 0. The molecule has 0 heterocycles. The summed E-state index contributed by atoms with van der Waals surface area (Å²) in [6.07, 6.45) is 6.78. The van der Waals surface area contributed by atoms with Crippen molar-refractivity contribution in [2.75, 3.05) is 13.2 Å². The van der Waals surface area contributed by atoms with Crippen molar-refractivity contribution in [1.29, 1.82) is 0 Å². The van der Waals surface area contributed by atoms with Crippen LogP contribution in [0.25, 0.3) is 0 Å². The summed E-state index contributed by atoms with van der Waals surface area (Å²) in [7, 11) is 0. The number of aliphatic hydroxyl groups excluding tert-OH is 5. The fourth-order valence-electron chi connectivity index (χ4n) is 9.11. The maximum Gasteiger partial charge on any atom is 0.0857 e. The van der Waals surface area contributed by atoms with Gasteiger partial charge in [0.2, 0.25) is 0 Å². The molecule has 5 nitrogen and oxygen atoms in total. The highest BCUT2D eigenvalue weighted by Gasteiger charge is 2.68. The summed E-state index contributed by atoms with van der Waals surface area (Å²) in [5.74, 6) is 1.70. The second kappa shape index (κ2) is 7.19. The van der Waals surface area contributed by atoms with E-state index in [1.54, 1.807) is 0 Å². The van der Waals surface area contributed by atoms with Gasteiger partial charge in [-0.3, -0.25) is 0 Å². The van der Waals surface area contributed by atoms with Gasteiger partial charge < -0.3 is 25.5 Å². The smallest absolute Gasteiger partial charge is 0.0857 e. The molecule has 0 aliphatic heterocycles. The zero-order valence-corrected chi connectivity index (χ0v) is 17.6. The molecule has 28 heavy (non-hydrogen) atoms. The van der Waals surface area contributed by atoms with E-state index in [1.165, 1.54) is 19.3 Å². The van der Waals surface area contributed by atoms with Crippen LogP contribution in [-0.2, 0) is 0 Å². The molecule has 162 valence electrons. The number of aliphatic hydroxyl groups is 5. The van der Waals surface area contributed by atoms with Gasteiger partial charge in [0.05, 0.1) is 31.5 Å². The summed E-state index contributed by atoms with van der Waals surface area (Å²) in [6, 6.07) is 0. The third kappa shape index (κ3) is 2.56. The first-order chi connectivity index (χ1) is 13.3. The third-order valence-corrected chi connectivity index (χ3v) is 10.4. The fraction of sp³-hybridized carbons (Fsp3) is 1.00. The molecule has 0 aromatic heterocycles. The number of rotatable bonds is 4. The number of fused-ring (bicyclic) bond motifs is 5. The van der Waals surface area contributed by atoms with Gasteiger partial charge >= 0.3 is 0 Å². The van der Waals surface area contributed by atoms with E-state index < -0.39 is 30.8 Å². The van der Waals surface area contributed by atoms with Crippen LogP contribution in [-0.4, -0.2) is 57.1 Å². The normalized spacial score (nSPS) is 53.0. The first-order valence-electron chi connectivity index (χ1n) is 11.5. The summed E-state index contributed by atoms with van der Waals surface area (Å²) in [6.45, 7) is 3.79. The zero-order valence-electron chi connectivity index (χ0n) is 17.6. The van der Waals surface area contributed by atoms with Crippen LogP contribution in [0.15, 0.2) is 0 Å². The molecule has 9 atom stereocenters. The van der Waals surface area contributed by atoms with Gasteiger partial charge in [-0.1, -0.05) is 26.7 Å². The van der Waals surface area contributed by atoms with Crippen molar-refractivity contribution < 1.29 is 25.5 Å². The average Bonchev–Trinajstić information content (AvgIpc) is 3.01. The Morgan fingerprint density at radius 2 is 1.46 bits per heavy atom. The van der Waals surface area contributed by atoms with Gasteiger partial charge in [-0.05, 0) is 79.4 Å². The Balaban J connectivity index is 1.71. The van der Waals surface area contributed by atoms with Crippen LogP contribution in [0.1, 0.15) is 71.6 Å². The number of hydrogen-bond acceptors (Lipinski definition) is 5. The number of hydrogen-bond donors (Lipinski definition) is 5. The van der Waals surface area contributed by atoms with Crippen molar-refractivity contribution in [2.24, 2.45) is 39.9 Å². The Kier molecular flexibility index (Phi) is 5.41. The monoisotopic (exact) mass is 396 g/mol. The summed E-state index contributed by atoms with van der Waals surface area (Å²) in [5.41, 5.74) is -1.02. The second-order valence-corrected chi connectivity index (χ2v) is 11.0. The van der Waals surface area contributed by atoms with Crippen LogP contribution in [0.5, 0.6) is 0 Å². The first kappa shape index (κ1) is 21.0. The quantitative estimate of drug-likeness (QED) is 0.501. The maximum absolute atomic E-state index is 11.1. The molecule has 0 saturated heterocycles. The second-order valence-electron chi connectivity index (χ2n) is 11.0. The van der Waals surface area contributed by atoms with E-state index in [0.29, 0.717) is 30.1 Å². The van der Waals surface area contributed by atoms with Gasteiger partial charge in [0.1, 0.15) is 0 Å². The Morgan fingerprint density at radius 1 is 0.821 bits per heavy atom. The minimum absolute atomic E-state index is 0.193. The molecule has 0 bridgehead atoms. The van der Waals surface area contributed by atoms with Crippen LogP contribution in [0.2, 0.25) is 0 Å². The molecule has 4 rings (SSSR count). The van der Waals surface area contributed by atoms with Crippen LogP contribution in [0.3, 0.4) is 0 Å². The highest BCUT2D eigenvalue weighted by atomic mass is 16.3. The lowest BCUT2D eigenvalue weighted by Crippen LogP contribution is -2.62. The molecule has 4 aliphatic rings. The lowest BCUT2D eigenvalue weighted by atomic mass is 9.42. The predicted octanol–water partition coefficient (Wildman–Crippen LogP) is 2.08. The molecule has 5 N–H and O–H groups in total. The molecule has 0 amide bonds.